The minimum Gasteiger partial charge on any atom is -0.490 e. The average molecular weight is 581 g/mol. The summed E-state index contributed by atoms with van der Waals surface area (Å²) in [5, 5.41) is 11.1. The summed E-state index contributed by atoms with van der Waals surface area (Å²) < 4.78 is 11.2. The topological polar surface area (TPSA) is 129 Å². The molecule has 12 nitrogen and oxygen atoms in total. The van der Waals surface area contributed by atoms with Gasteiger partial charge in [0, 0.05) is 62.3 Å². The number of morpholine rings is 1. The van der Waals surface area contributed by atoms with Gasteiger partial charge >= 0.3 is 0 Å². The van der Waals surface area contributed by atoms with Crippen molar-refractivity contribution in [2.24, 2.45) is 0 Å². The van der Waals surface area contributed by atoms with Crippen LogP contribution in [0.25, 0.3) is 0 Å². The summed E-state index contributed by atoms with van der Waals surface area (Å²) in [6.07, 6.45) is 0.412. The van der Waals surface area contributed by atoms with Crippen molar-refractivity contribution in [2.45, 2.75) is 30.3 Å². The first-order valence-corrected chi connectivity index (χ1v) is 14.5. The van der Waals surface area contributed by atoms with Crippen LogP contribution < -0.4 is 15.0 Å². The van der Waals surface area contributed by atoms with Crippen LogP contribution in [-0.2, 0) is 20.7 Å². The number of methoxy groups -OCH3 is 1. The van der Waals surface area contributed by atoms with E-state index in [9.17, 15) is 9.59 Å². The van der Waals surface area contributed by atoms with E-state index in [0.717, 1.165) is 29.2 Å². The van der Waals surface area contributed by atoms with Gasteiger partial charge in [-0.25, -0.2) is 9.97 Å². The third-order valence-electron chi connectivity index (χ3n) is 6.96. The maximum Gasteiger partial charge on any atom is 0.236 e. The molecular weight excluding hydrogens is 544 g/mol. The number of carbonyl (C=O) groups is 2. The van der Waals surface area contributed by atoms with Crippen LogP contribution in [0.3, 0.4) is 0 Å². The van der Waals surface area contributed by atoms with Crippen LogP contribution in [0.15, 0.2) is 40.4 Å². The lowest BCUT2D eigenvalue weighted by molar-refractivity contribution is -0.136. The van der Waals surface area contributed by atoms with Crippen LogP contribution >= 0.6 is 11.8 Å². The molecule has 0 aliphatic carbocycles. The van der Waals surface area contributed by atoms with Gasteiger partial charge in [0.1, 0.15) is 5.78 Å². The Labute approximate surface area is 243 Å². The molecule has 13 heteroatoms. The number of amides is 1. The second-order valence-corrected chi connectivity index (χ2v) is 11.2. The quantitative estimate of drug-likeness (QED) is 0.343. The van der Waals surface area contributed by atoms with Crippen LogP contribution in [0.2, 0.25) is 0 Å². The van der Waals surface area contributed by atoms with E-state index in [2.05, 4.69) is 25.3 Å². The molecule has 4 heterocycles. The Bertz CT molecular complexity index is 1350. The molecule has 218 valence electrons. The van der Waals surface area contributed by atoms with Crippen molar-refractivity contribution in [3.8, 4) is 5.75 Å². The molecule has 1 aromatic carbocycles. The Kier molecular flexibility index (Phi) is 9.37. The first kappa shape index (κ1) is 28.8. The molecule has 1 amide bonds. The highest BCUT2D eigenvalue weighted by atomic mass is 32.2. The lowest BCUT2D eigenvalue weighted by Crippen LogP contribution is -2.51. The normalized spacial score (nSPS) is 16.1. The number of hydrogen-bond donors (Lipinski definition) is 2. The van der Waals surface area contributed by atoms with Crippen molar-refractivity contribution < 1.29 is 19.1 Å². The number of aromatic nitrogens is 4. The lowest BCUT2D eigenvalue weighted by atomic mass is 10.1. The number of nitrogens with zero attached hydrogens (tertiary/aromatic N) is 6. The summed E-state index contributed by atoms with van der Waals surface area (Å²) in [6.45, 7) is 9.27. The van der Waals surface area contributed by atoms with Gasteiger partial charge in [-0.05, 0) is 43.3 Å². The summed E-state index contributed by atoms with van der Waals surface area (Å²) in [5.74, 6) is 2.64. The number of aromatic amines is 1. The summed E-state index contributed by atoms with van der Waals surface area (Å²) in [6, 6.07) is 9.76. The number of benzene rings is 1. The monoisotopic (exact) mass is 580 g/mol. The average Bonchev–Trinajstić information content (AvgIpc) is 3.38. The number of ether oxygens (including phenoxy) is 2. The molecule has 0 unspecified atom stereocenters. The third kappa shape index (κ3) is 7.54. The standard InChI is InChI=1S/C28H36N8O4S/c1-19-16-23(33-32-19)29-26-25(39-3)27(31-28(30-26)41-22-6-4-21(5-7-22)17-20(2)37)36-10-8-34(9-11-36)18-24(38)35-12-14-40-15-13-35/h4-7,16H,8-15,17-18H2,1-3H3,(H2,29,30,31,32,33). The van der Waals surface area contributed by atoms with Gasteiger partial charge in [-0.1, -0.05) is 12.1 Å². The van der Waals surface area contributed by atoms with Crippen LogP contribution in [0, 0.1) is 6.92 Å². The van der Waals surface area contributed by atoms with E-state index in [1.165, 1.54) is 11.8 Å². The number of aryl methyl sites for hydroxylation is 1. The summed E-state index contributed by atoms with van der Waals surface area (Å²) in [5.41, 5.74) is 1.89. The van der Waals surface area contributed by atoms with Crippen molar-refractivity contribution in [1.82, 2.24) is 30.0 Å². The molecule has 3 aromatic rings. The molecule has 2 saturated heterocycles. The summed E-state index contributed by atoms with van der Waals surface area (Å²) >= 11 is 1.44. The Hall–Kier alpha value is -3.68. The third-order valence-corrected chi connectivity index (χ3v) is 7.84. The van der Waals surface area contributed by atoms with Crippen molar-refractivity contribution >= 4 is 40.9 Å². The smallest absolute Gasteiger partial charge is 0.236 e. The number of hydrogen-bond acceptors (Lipinski definition) is 11. The van der Waals surface area contributed by atoms with E-state index in [1.807, 2.05) is 42.2 Å². The van der Waals surface area contributed by atoms with E-state index in [0.29, 0.717) is 80.7 Å². The van der Waals surface area contributed by atoms with Gasteiger partial charge in [0.15, 0.2) is 22.6 Å². The van der Waals surface area contributed by atoms with Crippen LogP contribution in [0.5, 0.6) is 5.75 Å². The van der Waals surface area contributed by atoms with Gasteiger partial charge in [0.2, 0.25) is 11.7 Å². The lowest BCUT2D eigenvalue weighted by Gasteiger charge is -2.37. The molecule has 0 atom stereocenters. The van der Waals surface area contributed by atoms with Crippen LogP contribution in [0.4, 0.5) is 17.5 Å². The predicted molar refractivity (Wildman–Crippen MR) is 156 cm³/mol. The highest BCUT2D eigenvalue weighted by molar-refractivity contribution is 7.99. The highest BCUT2D eigenvalue weighted by Gasteiger charge is 2.27. The number of rotatable bonds is 10. The van der Waals surface area contributed by atoms with Gasteiger partial charge in [-0.2, -0.15) is 5.10 Å². The Morgan fingerprint density at radius 3 is 2.44 bits per heavy atom. The predicted octanol–water partition coefficient (Wildman–Crippen LogP) is 2.52. The van der Waals surface area contributed by atoms with E-state index in [-0.39, 0.29) is 11.7 Å². The van der Waals surface area contributed by atoms with Crippen molar-refractivity contribution in [1.29, 1.82) is 0 Å². The maximum atomic E-state index is 12.8. The number of anilines is 3. The highest BCUT2D eigenvalue weighted by Crippen LogP contribution is 2.38. The number of Topliss-reactive ketones (excluding diaryl/α,β-unsaturated/α-hetero) is 1. The molecule has 41 heavy (non-hydrogen) atoms. The van der Waals surface area contributed by atoms with E-state index >= 15 is 0 Å². The second kappa shape index (κ2) is 13.3. The minimum absolute atomic E-state index is 0.128. The van der Waals surface area contributed by atoms with Crippen molar-refractivity contribution in [3.05, 3.63) is 41.6 Å². The molecule has 2 N–H and O–H groups in total. The van der Waals surface area contributed by atoms with Crippen molar-refractivity contribution in [2.75, 3.05) is 76.4 Å². The second-order valence-electron chi connectivity index (χ2n) is 10.2. The first-order chi connectivity index (χ1) is 19.9. The Morgan fingerprint density at radius 1 is 1.07 bits per heavy atom. The molecule has 0 radical (unpaired) electrons. The zero-order chi connectivity index (χ0) is 28.8. The fourth-order valence-electron chi connectivity index (χ4n) is 4.84. The largest absolute Gasteiger partial charge is 0.490 e. The van der Waals surface area contributed by atoms with Gasteiger partial charge in [-0.3, -0.25) is 19.6 Å². The number of H-pyrrole nitrogens is 1. The SMILES string of the molecule is COc1c(Nc2cc(C)[nH]n2)nc(Sc2ccc(CC(C)=O)cc2)nc1N1CCN(CC(=O)N2CCOCC2)CC1. The van der Waals surface area contributed by atoms with E-state index in [1.54, 1.807) is 14.0 Å². The van der Waals surface area contributed by atoms with E-state index in [4.69, 9.17) is 19.4 Å². The molecule has 2 aliphatic rings. The fraction of sp³-hybridized carbons (Fsp3) is 0.464. The Morgan fingerprint density at radius 2 is 1.80 bits per heavy atom. The number of nitrogens with one attached hydrogen (secondary N) is 2. The van der Waals surface area contributed by atoms with Gasteiger partial charge in [-0.15, -0.1) is 0 Å². The molecule has 0 bridgehead atoms. The molecule has 2 aromatic heterocycles. The molecule has 0 saturated carbocycles. The first-order valence-electron chi connectivity index (χ1n) is 13.7. The van der Waals surface area contributed by atoms with E-state index < -0.39 is 0 Å². The molecule has 5 rings (SSSR count). The molecule has 0 spiro atoms. The van der Waals surface area contributed by atoms with Gasteiger partial charge < -0.3 is 24.6 Å². The van der Waals surface area contributed by atoms with Crippen molar-refractivity contribution in [3.63, 3.8) is 0 Å². The number of carbonyl (C=O) groups excluding carboxylic acids is 2. The van der Waals surface area contributed by atoms with Crippen LogP contribution in [-0.4, -0.2) is 108 Å². The zero-order valence-corrected chi connectivity index (χ0v) is 24.5. The number of piperazine rings is 1. The summed E-state index contributed by atoms with van der Waals surface area (Å²) in [7, 11) is 1.61. The molecule has 2 aliphatic heterocycles. The fourth-order valence-corrected chi connectivity index (χ4v) is 5.60. The molecule has 2 fully saturated rings. The van der Waals surface area contributed by atoms with Gasteiger partial charge in [0.25, 0.3) is 0 Å². The minimum atomic E-state index is 0.128. The van der Waals surface area contributed by atoms with Crippen LogP contribution in [0.1, 0.15) is 18.2 Å². The zero-order valence-electron chi connectivity index (χ0n) is 23.7. The number of ketones is 1. The van der Waals surface area contributed by atoms with Gasteiger partial charge in [0.05, 0.1) is 26.9 Å². The maximum absolute atomic E-state index is 12.8. The summed E-state index contributed by atoms with van der Waals surface area (Å²) in [4.78, 5) is 41.2. The Balaban J connectivity index is 1.35. The molecular formula is C28H36N8O4S.